The van der Waals surface area contributed by atoms with Crippen molar-refractivity contribution in [3.05, 3.63) is 29.8 Å². The second kappa shape index (κ2) is 7.05. The van der Waals surface area contributed by atoms with E-state index in [9.17, 15) is 31.5 Å². The largest absolute Gasteiger partial charge is 0.573 e. The molecule has 1 aromatic rings. The zero-order valence-electron chi connectivity index (χ0n) is 10.7. The number of carboxylic acid groups (broad SMARTS) is 1. The van der Waals surface area contributed by atoms with Gasteiger partial charge in [0.2, 0.25) is 6.43 Å². The highest BCUT2D eigenvalue weighted by molar-refractivity contribution is 5.96. The van der Waals surface area contributed by atoms with Gasteiger partial charge in [-0.2, -0.15) is 0 Å². The number of amides is 1. The lowest BCUT2D eigenvalue weighted by atomic mass is 10.1. The SMILES string of the molecule is O=C(NC(CC(F)F)C(=O)O)c1ccc(OC(F)(F)F)cc1. The van der Waals surface area contributed by atoms with Crippen LogP contribution in [0.2, 0.25) is 0 Å². The first-order chi connectivity index (χ1) is 10.1. The maximum atomic E-state index is 12.2. The summed E-state index contributed by atoms with van der Waals surface area (Å²) in [6, 6.07) is 1.75. The third kappa shape index (κ3) is 5.94. The molecule has 1 amide bonds. The van der Waals surface area contributed by atoms with Crippen LogP contribution in [0.3, 0.4) is 0 Å². The molecule has 1 rings (SSSR count). The standard InChI is InChI=1S/C12H10F5NO4/c13-9(14)5-8(11(20)21)18-10(19)6-1-3-7(4-2-6)22-12(15,16)17/h1-4,8-9H,5H2,(H,18,19)(H,20,21). The van der Waals surface area contributed by atoms with Gasteiger partial charge in [0.1, 0.15) is 11.8 Å². The highest BCUT2D eigenvalue weighted by Crippen LogP contribution is 2.22. The number of benzene rings is 1. The van der Waals surface area contributed by atoms with Gasteiger partial charge in [0.15, 0.2) is 0 Å². The zero-order chi connectivity index (χ0) is 16.9. The number of aliphatic carboxylic acids is 1. The van der Waals surface area contributed by atoms with Crippen LogP contribution in [0.25, 0.3) is 0 Å². The number of carbonyl (C=O) groups is 2. The van der Waals surface area contributed by atoms with Gasteiger partial charge >= 0.3 is 12.3 Å². The fourth-order valence-electron chi connectivity index (χ4n) is 1.45. The molecule has 2 N–H and O–H groups in total. The molecule has 1 unspecified atom stereocenters. The van der Waals surface area contributed by atoms with E-state index in [0.29, 0.717) is 0 Å². The molecule has 0 aliphatic heterocycles. The summed E-state index contributed by atoms with van der Waals surface area (Å²) in [6.07, 6.45) is -8.92. The predicted molar refractivity (Wildman–Crippen MR) is 62.6 cm³/mol. The van der Waals surface area contributed by atoms with Gasteiger partial charge in [-0.05, 0) is 24.3 Å². The van der Waals surface area contributed by atoms with E-state index >= 15 is 0 Å². The van der Waals surface area contributed by atoms with E-state index in [2.05, 4.69) is 4.74 Å². The summed E-state index contributed by atoms with van der Waals surface area (Å²) >= 11 is 0. The molecule has 122 valence electrons. The quantitative estimate of drug-likeness (QED) is 0.787. The van der Waals surface area contributed by atoms with Crippen molar-refractivity contribution >= 4 is 11.9 Å². The van der Waals surface area contributed by atoms with Crippen molar-refractivity contribution < 1.29 is 41.4 Å². The van der Waals surface area contributed by atoms with Gasteiger partial charge in [0.05, 0.1) is 0 Å². The summed E-state index contributed by atoms with van der Waals surface area (Å²) in [5.74, 6) is -3.23. The second-order valence-electron chi connectivity index (χ2n) is 4.06. The van der Waals surface area contributed by atoms with Gasteiger partial charge in [-0.15, -0.1) is 13.2 Å². The molecule has 0 spiro atoms. The first kappa shape index (κ1) is 17.7. The molecule has 0 bridgehead atoms. The molecular weight excluding hydrogens is 317 g/mol. The van der Waals surface area contributed by atoms with Gasteiger partial charge in [0, 0.05) is 12.0 Å². The van der Waals surface area contributed by atoms with E-state index in [0.717, 1.165) is 24.3 Å². The highest BCUT2D eigenvalue weighted by atomic mass is 19.4. The van der Waals surface area contributed by atoms with Crippen molar-refractivity contribution in [3.8, 4) is 5.75 Å². The number of hydrogen-bond acceptors (Lipinski definition) is 3. The predicted octanol–water partition coefficient (Wildman–Crippen LogP) is 2.42. The van der Waals surface area contributed by atoms with E-state index < -0.39 is 42.9 Å². The Kier molecular flexibility index (Phi) is 5.66. The minimum absolute atomic E-state index is 0.199. The van der Waals surface area contributed by atoms with Crippen LogP contribution >= 0.6 is 0 Å². The van der Waals surface area contributed by atoms with Gasteiger partial charge in [0.25, 0.3) is 5.91 Å². The molecule has 1 atom stereocenters. The van der Waals surface area contributed by atoms with E-state index in [1.165, 1.54) is 0 Å². The minimum Gasteiger partial charge on any atom is -0.480 e. The lowest BCUT2D eigenvalue weighted by Gasteiger charge is -2.14. The van der Waals surface area contributed by atoms with Crippen LogP contribution in [-0.2, 0) is 4.79 Å². The van der Waals surface area contributed by atoms with Crippen molar-refractivity contribution in [1.29, 1.82) is 0 Å². The zero-order valence-corrected chi connectivity index (χ0v) is 10.7. The average Bonchev–Trinajstić information content (AvgIpc) is 2.36. The smallest absolute Gasteiger partial charge is 0.480 e. The molecule has 0 fully saturated rings. The first-order valence-corrected chi connectivity index (χ1v) is 5.76. The van der Waals surface area contributed by atoms with Gasteiger partial charge in [-0.25, -0.2) is 13.6 Å². The summed E-state index contributed by atoms with van der Waals surface area (Å²) in [5.41, 5.74) is -0.199. The third-order valence-electron chi connectivity index (χ3n) is 2.37. The Hall–Kier alpha value is -2.39. The molecule has 0 saturated heterocycles. The average molecular weight is 327 g/mol. The maximum Gasteiger partial charge on any atom is 0.573 e. The molecule has 1 aromatic carbocycles. The fraction of sp³-hybridized carbons (Fsp3) is 0.333. The lowest BCUT2D eigenvalue weighted by Crippen LogP contribution is -2.42. The van der Waals surface area contributed by atoms with E-state index in [4.69, 9.17) is 5.11 Å². The van der Waals surface area contributed by atoms with Crippen LogP contribution in [0.15, 0.2) is 24.3 Å². The Balaban J connectivity index is 2.74. The molecule has 5 nitrogen and oxygen atoms in total. The summed E-state index contributed by atoms with van der Waals surface area (Å²) in [6.45, 7) is 0. The normalized spacial score (nSPS) is 12.8. The van der Waals surface area contributed by atoms with Crippen LogP contribution in [0.5, 0.6) is 5.75 Å². The van der Waals surface area contributed by atoms with Crippen molar-refractivity contribution in [1.82, 2.24) is 5.32 Å². The first-order valence-electron chi connectivity index (χ1n) is 5.76. The number of halogens is 5. The van der Waals surface area contributed by atoms with E-state index in [1.807, 2.05) is 5.32 Å². The van der Waals surface area contributed by atoms with Crippen molar-refractivity contribution in [2.24, 2.45) is 0 Å². The number of rotatable bonds is 6. The number of alkyl halides is 5. The molecule has 10 heteroatoms. The van der Waals surface area contributed by atoms with Gasteiger partial charge < -0.3 is 15.2 Å². The molecular formula is C12H10F5NO4. The monoisotopic (exact) mass is 327 g/mol. The Morgan fingerprint density at radius 3 is 2.14 bits per heavy atom. The van der Waals surface area contributed by atoms with Crippen molar-refractivity contribution in [3.63, 3.8) is 0 Å². The Morgan fingerprint density at radius 1 is 1.18 bits per heavy atom. The summed E-state index contributed by atoms with van der Waals surface area (Å²) in [5, 5.41) is 10.5. The number of ether oxygens (including phenoxy) is 1. The second-order valence-corrected chi connectivity index (χ2v) is 4.06. The summed E-state index contributed by atoms with van der Waals surface area (Å²) < 4.78 is 63.8. The highest BCUT2D eigenvalue weighted by Gasteiger charge is 2.31. The molecule has 0 saturated carbocycles. The van der Waals surface area contributed by atoms with E-state index in [-0.39, 0.29) is 5.56 Å². The number of nitrogens with one attached hydrogen (secondary N) is 1. The van der Waals surface area contributed by atoms with Crippen LogP contribution in [0.4, 0.5) is 22.0 Å². The molecule has 22 heavy (non-hydrogen) atoms. The Bertz CT molecular complexity index is 529. The molecule has 0 aromatic heterocycles. The molecule has 0 heterocycles. The van der Waals surface area contributed by atoms with Crippen LogP contribution in [-0.4, -0.2) is 35.8 Å². The van der Waals surface area contributed by atoms with Gasteiger partial charge in [-0.3, -0.25) is 4.79 Å². The fourth-order valence-corrected chi connectivity index (χ4v) is 1.45. The molecule has 0 aliphatic carbocycles. The topological polar surface area (TPSA) is 75.6 Å². The Morgan fingerprint density at radius 2 is 1.73 bits per heavy atom. The minimum atomic E-state index is -4.89. The lowest BCUT2D eigenvalue weighted by molar-refractivity contribution is -0.274. The van der Waals surface area contributed by atoms with Crippen LogP contribution in [0.1, 0.15) is 16.8 Å². The summed E-state index contributed by atoms with van der Waals surface area (Å²) in [7, 11) is 0. The van der Waals surface area contributed by atoms with E-state index in [1.54, 1.807) is 0 Å². The molecule has 0 radical (unpaired) electrons. The van der Waals surface area contributed by atoms with Crippen molar-refractivity contribution in [2.45, 2.75) is 25.3 Å². The third-order valence-corrected chi connectivity index (χ3v) is 2.37. The maximum absolute atomic E-state index is 12.2. The number of carbonyl (C=O) groups excluding carboxylic acids is 1. The molecule has 0 aliphatic rings. The van der Waals surface area contributed by atoms with Crippen LogP contribution < -0.4 is 10.1 Å². The van der Waals surface area contributed by atoms with Crippen LogP contribution in [0, 0.1) is 0 Å². The van der Waals surface area contributed by atoms with Crippen molar-refractivity contribution in [2.75, 3.05) is 0 Å². The number of hydrogen-bond donors (Lipinski definition) is 2. The Labute approximate surface area is 120 Å². The number of carboxylic acids is 1. The van der Waals surface area contributed by atoms with Gasteiger partial charge in [-0.1, -0.05) is 0 Å². The summed E-state index contributed by atoms with van der Waals surface area (Å²) in [4.78, 5) is 22.4.